The Labute approximate surface area is 105 Å². The van der Waals surface area contributed by atoms with Crippen molar-refractivity contribution in [1.29, 1.82) is 0 Å². The monoisotopic (exact) mass is 232 g/mol. The third kappa shape index (κ3) is 3.30. The molecule has 2 nitrogen and oxygen atoms in total. The molecule has 2 heteroatoms. The van der Waals surface area contributed by atoms with Crippen LogP contribution in [-0.4, -0.2) is 31.1 Å². The van der Waals surface area contributed by atoms with Crippen molar-refractivity contribution >= 4 is 0 Å². The molecular formula is C15H24N2. The maximum Gasteiger partial charge on any atom is 0.0105 e. The fourth-order valence-corrected chi connectivity index (χ4v) is 2.86. The standard InChI is InChI=1S/C15H24N2/c1-2-17(10-9-16)12-13-7-8-14-5-3-4-6-15(14)11-13/h3-6,13H,2,7-12,16H2,1H3. The second kappa shape index (κ2) is 6.18. The zero-order chi connectivity index (χ0) is 12.1. The summed E-state index contributed by atoms with van der Waals surface area (Å²) >= 11 is 0. The van der Waals surface area contributed by atoms with Crippen LogP contribution in [0.1, 0.15) is 24.5 Å². The summed E-state index contributed by atoms with van der Waals surface area (Å²) < 4.78 is 0. The molecule has 0 saturated heterocycles. The summed E-state index contributed by atoms with van der Waals surface area (Å²) in [5.74, 6) is 0.816. The highest BCUT2D eigenvalue weighted by Crippen LogP contribution is 2.25. The second-order valence-corrected chi connectivity index (χ2v) is 5.06. The molecule has 1 aromatic rings. The lowest BCUT2D eigenvalue weighted by molar-refractivity contribution is 0.234. The zero-order valence-corrected chi connectivity index (χ0v) is 10.9. The van der Waals surface area contributed by atoms with Crippen molar-refractivity contribution in [3.63, 3.8) is 0 Å². The Morgan fingerprint density at radius 2 is 2.06 bits per heavy atom. The van der Waals surface area contributed by atoms with E-state index in [4.69, 9.17) is 5.73 Å². The van der Waals surface area contributed by atoms with E-state index in [9.17, 15) is 0 Å². The molecule has 0 amide bonds. The fourth-order valence-electron chi connectivity index (χ4n) is 2.86. The number of rotatable bonds is 5. The first-order chi connectivity index (χ1) is 8.33. The molecule has 0 bridgehead atoms. The van der Waals surface area contributed by atoms with E-state index in [1.54, 1.807) is 11.1 Å². The van der Waals surface area contributed by atoms with Crippen molar-refractivity contribution in [3.8, 4) is 0 Å². The summed E-state index contributed by atoms with van der Waals surface area (Å²) in [6.45, 7) is 6.37. The van der Waals surface area contributed by atoms with Crippen molar-refractivity contribution in [3.05, 3.63) is 35.4 Å². The predicted octanol–water partition coefficient (Wildman–Crippen LogP) is 2.07. The Kier molecular flexibility index (Phi) is 4.57. The minimum atomic E-state index is 0.775. The molecule has 94 valence electrons. The average molecular weight is 232 g/mol. The number of hydrogen-bond donors (Lipinski definition) is 1. The van der Waals surface area contributed by atoms with Crippen LogP contribution < -0.4 is 5.73 Å². The van der Waals surface area contributed by atoms with Gasteiger partial charge in [-0.05, 0) is 42.9 Å². The van der Waals surface area contributed by atoms with Crippen molar-refractivity contribution < 1.29 is 0 Å². The third-order valence-electron chi connectivity index (χ3n) is 3.86. The zero-order valence-electron chi connectivity index (χ0n) is 10.9. The van der Waals surface area contributed by atoms with Gasteiger partial charge in [-0.3, -0.25) is 0 Å². The Morgan fingerprint density at radius 3 is 2.76 bits per heavy atom. The van der Waals surface area contributed by atoms with Crippen molar-refractivity contribution in [2.24, 2.45) is 11.7 Å². The number of nitrogens with two attached hydrogens (primary N) is 1. The van der Waals surface area contributed by atoms with Gasteiger partial charge in [0, 0.05) is 19.6 Å². The van der Waals surface area contributed by atoms with E-state index >= 15 is 0 Å². The Bertz CT molecular complexity index is 349. The van der Waals surface area contributed by atoms with Crippen molar-refractivity contribution in [2.45, 2.75) is 26.2 Å². The van der Waals surface area contributed by atoms with Crippen LogP contribution in [0.3, 0.4) is 0 Å². The minimum absolute atomic E-state index is 0.775. The highest BCUT2D eigenvalue weighted by Gasteiger charge is 2.19. The van der Waals surface area contributed by atoms with Gasteiger partial charge >= 0.3 is 0 Å². The molecule has 1 aliphatic carbocycles. The van der Waals surface area contributed by atoms with Gasteiger partial charge in [-0.1, -0.05) is 31.2 Å². The van der Waals surface area contributed by atoms with Gasteiger partial charge in [0.2, 0.25) is 0 Å². The number of aryl methyl sites for hydroxylation is 1. The molecule has 0 saturated carbocycles. The summed E-state index contributed by atoms with van der Waals surface area (Å²) in [7, 11) is 0. The van der Waals surface area contributed by atoms with Crippen LogP contribution in [0.15, 0.2) is 24.3 Å². The van der Waals surface area contributed by atoms with Gasteiger partial charge in [-0.15, -0.1) is 0 Å². The van der Waals surface area contributed by atoms with E-state index in [-0.39, 0.29) is 0 Å². The summed E-state index contributed by atoms with van der Waals surface area (Å²) in [5.41, 5.74) is 8.77. The maximum atomic E-state index is 5.64. The number of nitrogens with zero attached hydrogens (tertiary/aromatic N) is 1. The van der Waals surface area contributed by atoms with Gasteiger partial charge in [-0.2, -0.15) is 0 Å². The first-order valence-corrected chi connectivity index (χ1v) is 6.82. The number of hydrogen-bond acceptors (Lipinski definition) is 2. The van der Waals surface area contributed by atoms with Gasteiger partial charge in [0.1, 0.15) is 0 Å². The van der Waals surface area contributed by atoms with Crippen LogP contribution in [0.25, 0.3) is 0 Å². The molecule has 2 N–H and O–H groups in total. The van der Waals surface area contributed by atoms with Gasteiger partial charge < -0.3 is 10.6 Å². The molecule has 0 heterocycles. The summed E-state index contributed by atoms with van der Waals surface area (Å²) in [4.78, 5) is 2.48. The van der Waals surface area contributed by atoms with E-state index in [1.807, 2.05) is 0 Å². The van der Waals surface area contributed by atoms with E-state index in [1.165, 1.54) is 25.8 Å². The molecule has 1 aromatic carbocycles. The summed E-state index contributed by atoms with van der Waals surface area (Å²) in [6, 6.07) is 8.90. The van der Waals surface area contributed by atoms with Gasteiger partial charge in [0.05, 0.1) is 0 Å². The molecule has 0 aromatic heterocycles. The molecule has 1 aliphatic rings. The Morgan fingerprint density at radius 1 is 1.29 bits per heavy atom. The molecule has 0 spiro atoms. The second-order valence-electron chi connectivity index (χ2n) is 5.06. The first kappa shape index (κ1) is 12.6. The van der Waals surface area contributed by atoms with Gasteiger partial charge in [-0.25, -0.2) is 0 Å². The van der Waals surface area contributed by atoms with Crippen LogP contribution in [0.2, 0.25) is 0 Å². The lowest BCUT2D eigenvalue weighted by Crippen LogP contribution is -2.35. The molecule has 0 radical (unpaired) electrons. The summed E-state index contributed by atoms with van der Waals surface area (Å²) in [5, 5.41) is 0. The lowest BCUT2D eigenvalue weighted by Gasteiger charge is -2.29. The molecule has 1 unspecified atom stereocenters. The molecule has 17 heavy (non-hydrogen) atoms. The number of likely N-dealkylation sites (N-methyl/N-ethyl adjacent to an activating group) is 1. The normalized spacial score (nSPS) is 19.4. The molecular weight excluding hydrogens is 208 g/mol. The molecule has 1 atom stereocenters. The van der Waals surface area contributed by atoms with E-state index in [0.717, 1.165) is 25.6 Å². The largest absolute Gasteiger partial charge is 0.329 e. The van der Waals surface area contributed by atoms with Crippen molar-refractivity contribution in [1.82, 2.24) is 4.90 Å². The minimum Gasteiger partial charge on any atom is -0.329 e. The highest BCUT2D eigenvalue weighted by atomic mass is 15.1. The lowest BCUT2D eigenvalue weighted by atomic mass is 9.83. The molecule has 2 rings (SSSR count). The maximum absolute atomic E-state index is 5.64. The van der Waals surface area contributed by atoms with Gasteiger partial charge in [0.15, 0.2) is 0 Å². The quantitative estimate of drug-likeness (QED) is 0.842. The third-order valence-corrected chi connectivity index (χ3v) is 3.86. The van der Waals surface area contributed by atoms with E-state index < -0.39 is 0 Å². The fraction of sp³-hybridized carbons (Fsp3) is 0.600. The van der Waals surface area contributed by atoms with Crippen LogP contribution >= 0.6 is 0 Å². The van der Waals surface area contributed by atoms with Crippen LogP contribution in [0.5, 0.6) is 0 Å². The number of benzene rings is 1. The molecule has 0 fully saturated rings. The average Bonchev–Trinajstić information content (AvgIpc) is 2.38. The Balaban J connectivity index is 1.93. The predicted molar refractivity (Wildman–Crippen MR) is 73.1 cm³/mol. The van der Waals surface area contributed by atoms with Gasteiger partial charge in [0.25, 0.3) is 0 Å². The smallest absolute Gasteiger partial charge is 0.0105 e. The molecule has 0 aliphatic heterocycles. The highest BCUT2D eigenvalue weighted by molar-refractivity contribution is 5.29. The summed E-state index contributed by atoms with van der Waals surface area (Å²) in [6.07, 6.45) is 3.83. The van der Waals surface area contributed by atoms with Crippen LogP contribution in [0.4, 0.5) is 0 Å². The van der Waals surface area contributed by atoms with E-state index in [2.05, 4.69) is 36.1 Å². The van der Waals surface area contributed by atoms with Crippen LogP contribution in [0, 0.1) is 5.92 Å². The van der Waals surface area contributed by atoms with E-state index in [0.29, 0.717) is 0 Å². The van der Waals surface area contributed by atoms with Crippen molar-refractivity contribution in [2.75, 3.05) is 26.2 Å². The Hall–Kier alpha value is -0.860. The first-order valence-electron chi connectivity index (χ1n) is 6.82. The number of fused-ring (bicyclic) bond motifs is 1. The SMILES string of the molecule is CCN(CCN)CC1CCc2ccccc2C1. The topological polar surface area (TPSA) is 29.3 Å². The van der Waals surface area contributed by atoms with Crippen LogP contribution in [-0.2, 0) is 12.8 Å².